The van der Waals surface area contributed by atoms with E-state index in [-0.39, 0.29) is 11.3 Å². The summed E-state index contributed by atoms with van der Waals surface area (Å²) in [7, 11) is 0. The monoisotopic (exact) mass is 277 g/mol. The number of carboxylic acid groups (broad SMARTS) is 1. The molecule has 0 aliphatic heterocycles. The maximum atomic E-state index is 11.3. The molecular weight excluding hydrogens is 266 g/mol. The van der Waals surface area contributed by atoms with Crippen LogP contribution in [0.5, 0.6) is 5.75 Å². The summed E-state index contributed by atoms with van der Waals surface area (Å²) in [6.07, 6.45) is 1.22. The van der Waals surface area contributed by atoms with E-state index in [0.717, 1.165) is 0 Å². The van der Waals surface area contributed by atoms with Crippen LogP contribution >= 0.6 is 11.8 Å². The zero-order chi connectivity index (χ0) is 13.8. The molecule has 0 amide bonds. The predicted octanol–water partition coefficient (Wildman–Crippen LogP) is 2.07. The normalized spacial score (nSPS) is 10.3. The predicted molar refractivity (Wildman–Crippen MR) is 71.7 cm³/mol. The van der Waals surface area contributed by atoms with Crippen molar-refractivity contribution < 1.29 is 15.0 Å². The van der Waals surface area contributed by atoms with Crippen LogP contribution in [0.3, 0.4) is 0 Å². The second-order valence-electron chi connectivity index (χ2n) is 3.80. The van der Waals surface area contributed by atoms with Crippen molar-refractivity contribution in [3.63, 3.8) is 0 Å². The molecule has 6 heteroatoms. The van der Waals surface area contributed by atoms with E-state index in [4.69, 9.17) is 10.2 Å². The number of benzene rings is 1. The number of H-pyrrole nitrogens is 1. The van der Waals surface area contributed by atoms with E-state index >= 15 is 0 Å². The Hall–Kier alpha value is -2.21. The summed E-state index contributed by atoms with van der Waals surface area (Å²) >= 11 is 1.31. The van der Waals surface area contributed by atoms with Crippen molar-refractivity contribution in [2.75, 3.05) is 0 Å². The number of rotatable bonds is 4. The molecule has 1 aromatic carbocycles. The van der Waals surface area contributed by atoms with E-state index in [0.29, 0.717) is 16.3 Å². The molecule has 0 bridgehead atoms. The van der Waals surface area contributed by atoms with Crippen molar-refractivity contribution in [3.05, 3.63) is 58.0 Å². The van der Waals surface area contributed by atoms with Crippen molar-refractivity contribution in [2.45, 2.75) is 10.6 Å². The van der Waals surface area contributed by atoms with Gasteiger partial charge < -0.3 is 15.2 Å². The van der Waals surface area contributed by atoms with Crippen LogP contribution in [-0.4, -0.2) is 21.2 Å². The van der Waals surface area contributed by atoms with Crippen LogP contribution in [0.15, 0.2) is 46.2 Å². The van der Waals surface area contributed by atoms with Gasteiger partial charge in [-0.2, -0.15) is 0 Å². The lowest BCUT2D eigenvalue weighted by molar-refractivity contribution is 0.0693. The first-order valence-electron chi connectivity index (χ1n) is 5.43. The van der Waals surface area contributed by atoms with E-state index < -0.39 is 11.4 Å². The minimum Gasteiger partial charge on any atom is -0.503 e. The zero-order valence-electron chi connectivity index (χ0n) is 9.79. The molecule has 0 saturated carbocycles. The van der Waals surface area contributed by atoms with Crippen molar-refractivity contribution in [2.24, 2.45) is 0 Å². The van der Waals surface area contributed by atoms with Crippen LogP contribution in [0.1, 0.15) is 16.1 Å². The maximum Gasteiger partial charge on any atom is 0.336 e. The molecule has 3 N–H and O–H groups in total. The largest absolute Gasteiger partial charge is 0.503 e. The minimum atomic E-state index is -0.984. The van der Waals surface area contributed by atoms with Gasteiger partial charge in [0, 0.05) is 28.6 Å². The first-order chi connectivity index (χ1) is 9.08. The molecule has 0 radical (unpaired) electrons. The van der Waals surface area contributed by atoms with E-state index in [2.05, 4.69) is 4.98 Å². The summed E-state index contributed by atoms with van der Waals surface area (Å²) < 4.78 is 0. The van der Waals surface area contributed by atoms with Gasteiger partial charge in [-0.05, 0) is 12.1 Å². The first kappa shape index (κ1) is 13.2. The van der Waals surface area contributed by atoms with E-state index in [1.54, 1.807) is 18.2 Å². The van der Waals surface area contributed by atoms with Crippen molar-refractivity contribution in [1.29, 1.82) is 0 Å². The van der Waals surface area contributed by atoms with Crippen LogP contribution in [-0.2, 0) is 5.75 Å². The standard InChI is InChI=1S/C13H11NO4S/c15-10-5-8(14-6-11(10)16)7-19-12-4-2-1-3-9(12)13(17)18/h1-6,16H,7H2,(H,14,15)(H,17,18). The number of carbonyl (C=O) groups is 1. The summed E-state index contributed by atoms with van der Waals surface area (Å²) in [5.74, 6) is -0.901. The van der Waals surface area contributed by atoms with E-state index in [1.165, 1.54) is 30.1 Å². The molecule has 0 aliphatic carbocycles. The Morgan fingerprint density at radius 3 is 2.74 bits per heavy atom. The second kappa shape index (κ2) is 5.62. The number of aromatic amines is 1. The number of nitrogens with one attached hydrogen (secondary N) is 1. The number of aromatic hydroxyl groups is 1. The van der Waals surface area contributed by atoms with Gasteiger partial charge >= 0.3 is 5.97 Å². The molecule has 5 nitrogen and oxygen atoms in total. The molecule has 0 spiro atoms. The Balaban J connectivity index is 2.16. The van der Waals surface area contributed by atoms with E-state index in [9.17, 15) is 9.59 Å². The molecule has 0 saturated heterocycles. The molecule has 0 unspecified atom stereocenters. The topological polar surface area (TPSA) is 90.4 Å². The minimum absolute atomic E-state index is 0.230. The van der Waals surface area contributed by atoms with Crippen LogP contribution < -0.4 is 5.43 Å². The van der Waals surface area contributed by atoms with Crippen LogP contribution in [0.25, 0.3) is 0 Å². The Morgan fingerprint density at radius 1 is 1.32 bits per heavy atom. The third kappa shape index (κ3) is 3.17. The third-order valence-electron chi connectivity index (χ3n) is 2.45. The maximum absolute atomic E-state index is 11.3. The molecule has 19 heavy (non-hydrogen) atoms. The van der Waals surface area contributed by atoms with Crippen LogP contribution in [0.2, 0.25) is 0 Å². The van der Waals surface area contributed by atoms with Gasteiger partial charge in [-0.1, -0.05) is 12.1 Å². The highest BCUT2D eigenvalue weighted by Gasteiger charge is 2.09. The molecule has 2 rings (SSSR count). The number of hydrogen-bond acceptors (Lipinski definition) is 4. The number of aromatic carboxylic acids is 1. The van der Waals surface area contributed by atoms with Crippen molar-refractivity contribution in [1.82, 2.24) is 4.98 Å². The SMILES string of the molecule is O=C(O)c1ccccc1SCc1cc(=O)c(O)c[nH]1. The fourth-order valence-corrected chi connectivity index (χ4v) is 2.48. The summed E-state index contributed by atoms with van der Waals surface area (Å²) in [6.45, 7) is 0. The molecule has 0 fully saturated rings. The van der Waals surface area contributed by atoms with Crippen LogP contribution in [0.4, 0.5) is 0 Å². The van der Waals surface area contributed by atoms with Crippen molar-refractivity contribution in [3.8, 4) is 5.75 Å². The lowest BCUT2D eigenvalue weighted by Gasteiger charge is -2.05. The number of pyridine rings is 1. The van der Waals surface area contributed by atoms with Gasteiger partial charge in [-0.3, -0.25) is 4.79 Å². The quantitative estimate of drug-likeness (QED) is 0.744. The second-order valence-corrected chi connectivity index (χ2v) is 4.81. The fourth-order valence-electron chi connectivity index (χ4n) is 1.51. The third-order valence-corrected chi connectivity index (χ3v) is 3.58. The van der Waals surface area contributed by atoms with Gasteiger partial charge in [0.2, 0.25) is 5.43 Å². The molecule has 1 aromatic heterocycles. The zero-order valence-corrected chi connectivity index (χ0v) is 10.6. The Labute approximate surface area is 112 Å². The van der Waals surface area contributed by atoms with Gasteiger partial charge in [-0.15, -0.1) is 11.8 Å². The molecule has 2 aromatic rings. The van der Waals surface area contributed by atoms with Gasteiger partial charge in [0.05, 0.1) is 5.56 Å². The smallest absolute Gasteiger partial charge is 0.336 e. The average Bonchev–Trinajstić information content (AvgIpc) is 2.40. The Kier molecular flexibility index (Phi) is 3.91. The summed E-state index contributed by atoms with van der Waals surface area (Å²) in [5, 5.41) is 18.2. The Bertz CT molecular complexity index is 666. The molecular formula is C13H11NO4S. The number of thioether (sulfide) groups is 1. The summed E-state index contributed by atoms with van der Waals surface area (Å²) in [6, 6.07) is 7.97. The molecule has 98 valence electrons. The summed E-state index contributed by atoms with van der Waals surface area (Å²) in [4.78, 5) is 25.7. The van der Waals surface area contributed by atoms with Crippen molar-refractivity contribution >= 4 is 17.7 Å². The molecule has 1 heterocycles. The first-order valence-corrected chi connectivity index (χ1v) is 6.42. The number of hydrogen-bond donors (Lipinski definition) is 3. The lowest BCUT2D eigenvalue weighted by Crippen LogP contribution is -2.02. The lowest BCUT2D eigenvalue weighted by atomic mass is 10.2. The number of aromatic nitrogens is 1. The highest BCUT2D eigenvalue weighted by Crippen LogP contribution is 2.25. The average molecular weight is 277 g/mol. The summed E-state index contributed by atoms with van der Waals surface area (Å²) in [5.41, 5.74) is 0.391. The van der Waals surface area contributed by atoms with Crippen LogP contribution in [0, 0.1) is 0 Å². The van der Waals surface area contributed by atoms with Gasteiger partial charge in [0.15, 0.2) is 5.75 Å². The van der Waals surface area contributed by atoms with Gasteiger partial charge in [0.1, 0.15) is 0 Å². The van der Waals surface area contributed by atoms with Gasteiger partial charge in [-0.25, -0.2) is 4.79 Å². The number of carboxylic acids is 1. The van der Waals surface area contributed by atoms with E-state index in [1.807, 2.05) is 0 Å². The molecule has 0 aliphatic rings. The Morgan fingerprint density at radius 2 is 2.05 bits per heavy atom. The molecule has 0 atom stereocenters. The highest BCUT2D eigenvalue weighted by molar-refractivity contribution is 7.98. The highest BCUT2D eigenvalue weighted by atomic mass is 32.2. The van der Waals surface area contributed by atoms with Gasteiger partial charge in [0.25, 0.3) is 0 Å². The fraction of sp³-hybridized carbons (Fsp3) is 0.0769.